The van der Waals surface area contributed by atoms with Crippen molar-refractivity contribution in [2.75, 3.05) is 13.2 Å². The maximum Gasteiger partial charge on any atom is 0.469 e. The number of ether oxygens (including phenoxy) is 2. The number of unbranched alkanes of at least 4 members (excludes halogenated alkanes) is 12. The summed E-state index contributed by atoms with van der Waals surface area (Å²) in [6, 6.07) is 0. The van der Waals surface area contributed by atoms with Crippen molar-refractivity contribution in [3.63, 3.8) is 0 Å². The van der Waals surface area contributed by atoms with Crippen molar-refractivity contribution >= 4 is 25.5 Å². The van der Waals surface area contributed by atoms with Gasteiger partial charge in [0.2, 0.25) is 0 Å². The first kappa shape index (κ1) is 47.4. The number of phosphoric acid groups is 1. The summed E-state index contributed by atoms with van der Waals surface area (Å²) in [6.07, 6.45) is 35.7. The van der Waals surface area contributed by atoms with Gasteiger partial charge in [-0.15, -0.1) is 0 Å². The predicted octanol–water partition coefficient (Wildman–Crippen LogP) is 9.35. The molecule has 0 saturated carbocycles. The van der Waals surface area contributed by atoms with E-state index in [1.54, 1.807) is 12.2 Å². The van der Waals surface area contributed by atoms with Crippen LogP contribution < -0.4 is 0 Å². The van der Waals surface area contributed by atoms with E-state index >= 15 is 0 Å². The van der Waals surface area contributed by atoms with Gasteiger partial charge in [0.05, 0.1) is 12.7 Å². The third kappa shape index (κ3) is 27.1. The molecule has 0 amide bonds. The van der Waals surface area contributed by atoms with E-state index in [4.69, 9.17) is 19.3 Å². The van der Waals surface area contributed by atoms with Gasteiger partial charge < -0.3 is 24.4 Å². The van der Waals surface area contributed by atoms with Gasteiger partial charge in [-0.3, -0.25) is 18.9 Å². The number of hydrogen-bond acceptors (Lipinski definition) is 8. The van der Waals surface area contributed by atoms with Crippen LogP contribution in [0.15, 0.2) is 60.8 Å². The summed E-state index contributed by atoms with van der Waals surface area (Å²) in [5, 5.41) is 10.2. The Balaban J connectivity index is 2.30. The lowest BCUT2D eigenvalue weighted by atomic mass is 9.90. The molecule has 0 aliphatic heterocycles. The van der Waals surface area contributed by atoms with Crippen molar-refractivity contribution in [1.82, 2.24) is 0 Å². The Morgan fingerprint density at radius 2 is 1.40 bits per heavy atom. The van der Waals surface area contributed by atoms with Gasteiger partial charge in [-0.1, -0.05) is 126 Å². The van der Waals surface area contributed by atoms with E-state index in [0.717, 1.165) is 57.8 Å². The predicted molar refractivity (Wildman–Crippen MR) is 206 cm³/mol. The highest BCUT2D eigenvalue weighted by Gasteiger charge is 2.27. The van der Waals surface area contributed by atoms with Gasteiger partial charge >= 0.3 is 19.8 Å². The molecule has 0 heterocycles. The maximum atomic E-state index is 12.5. The van der Waals surface area contributed by atoms with Crippen LogP contribution >= 0.6 is 7.82 Å². The Morgan fingerprint density at radius 3 is 2.10 bits per heavy atom. The molecule has 0 aromatic rings. The number of aliphatic hydroxyl groups is 1. The van der Waals surface area contributed by atoms with E-state index in [1.165, 1.54) is 25.7 Å². The Kier molecular flexibility index (Phi) is 28.1. The second kappa shape index (κ2) is 30.8. The summed E-state index contributed by atoms with van der Waals surface area (Å²) in [5.74, 6) is -1.31. The molecular formula is C41H67O10P. The SMILES string of the molecule is CCCCCC/C=C\C=C/CCCCCCCC(=O)OC[C@H](COP(=O)(O)O)OC(=O)CCC/C=C\C[C@H]1C=CC(=O)[C@@H]1/C=C/[C@@H](O)CCCCC. The average Bonchev–Trinajstić information content (AvgIpc) is 3.46. The van der Waals surface area contributed by atoms with E-state index in [0.29, 0.717) is 32.1 Å². The number of carbonyl (C=O) groups is 3. The second-order valence-corrected chi connectivity index (χ2v) is 14.8. The highest BCUT2D eigenvalue weighted by atomic mass is 31.2. The number of phosphoric ester groups is 1. The fourth-order valence-electron chi connectivity index (χ4n) is 5.71. The van der Waals surface area contributed by atoms with Crippen LogP contribution in [-0.2, 0) is 32.9 Å². The van der Waals surface area contributed by atoms with Crippen molar-refractivity contribution in [1.29, 1.82) is 0 Å². The second-order valence-electron chi connectivity index (χ2n) is 13.6. The zero-order chi connectivity index (χ0) is 38.3. The van der Waals surface area contributed by atoms with E-state index in [9.17, 15) is 24.1 Å². The summed E-state index contributed by atoms with van der Waals surface area (Å²) >= 11 is 0. The number of esters is 2. The number of aliphatic hydroxyl groups excluding tert-OH is 1. The third-order valence-corrected chi connectivity index (χ3v) is 9.27. The van der Waals surface area contributed by atoms with Crippen molar-refractivity contribution in [2.24, 2.45) is 11.8 Å². The fraction of sp³-hybridized carbons (Fsp3) is 0.683. The van der Waals surface area contributed by atoms with Crippen LogP contribution in [-0.4, -0.2) is 58.0 Å². The Morgan fingerprint density at radius 1 is 0.788 bits per heavy atom. The molecule has 1 aliphatic carbocycles. The molecule has 0 unspecified atom stereocenters. The lowest BCUT2D eigenvalue weighted by Crippen LogP contribution is -2.29. The molecule has 4 atom stereocenters. The van der Waals surface area contributed by atoms with E-state index < -0.39 is 38.6 Å². The molecule has 0 radical (unpaired) electrons. The maximum absolute atomic E-state index is 12.5. The van der Waals surface area contributed by atoms with Gasteiger partial charge in [0.25, 0.3) is 0 Å². The first-order valence-corrected chi connectivity index (χ1v) is 21.2. The van der Waals surface area contributed by atoms with Crippen LogP contribution in [0, 0.1) is 11.8 Å². The lowest BCUT2D eigenvalue weighted by Gasteiger charge is -2.18. The van der Waals surface area contributed by atoms with Crippen molar-refractivity contribution in [3.05, 3.63) is 60.8 Å². The smallest absolute Gasteiger partial charge is 0.462 e. The zero-order valence-corrected chi connectivity index (χ0v) is 32.7. The molecule has 11 heteroatoms. The number of rotatable bonds is 32. The van der Waals surface area contributed by atoms with Crippen LogP contribution in [0.1, 0.15) is 142 Å². The molecule has 1 aliphatic rings. The molecule has 0 bridgehead atoms. The van der Waals surface area contributed by atoms with Gasteiger partial charge in [-0.2, -0.15) is 0 Å². The standard InChI is InChI=1S/C41H67O10P/c1-3-5-7-8-9-10-11-12-13-14-15-16-17-18-23-27-40(44)49-33-37(34-50-52(46,47)48)51-41(45)28-24-20-19-22-25-35-29-32-39(43)38(35)31-30-36(42)26-21-6-4-2/h10-13,19,22,29-32,35-38,42H,3-9,14-18,20-21,23-28,33-34H2,1-2H3,(H2,46,47,48)/b11-10-,13-12-,22-19-,31-30+/t35-,36-,37+,38+/m0/s1. The van der Waals surface area contributed by atoms with Gasteiger partial charge in [0, 0.05) is 18.8 Å². The summed E-state index contributed by atoms with van der Waals surface area (Å²) in [5.41, 5.74) is 0. The van der Waals surface area contributed by atoms with Crippen LogP contribution in [0.25, 0.3) is 0 Å². The average molecular weight is 751 g/mol. The first-order valence-electron chi connectivity index (χ1n) is 19.7. The number of allylic oxidation sites excluding steroid dienone is 9. The molecule has 296 valence electrons. The first-order chi connectivity index (χ1) is 25.1. The highest BCUT2D eigenvalue weighted by Crippen LogP contribution is 2.36. The molecule has 0 aromatic heterocycles. The number of carbonyl (C=O) groups excluding carboxylic acids is 3. The minimum atomic E-state index is -4.81. The fourth-order valence-corrected chi connectivity index (χ4v) is 6.07. The molecular weight excluding hydrogens is 683 g/mol. The summed E-state index contributed by atoms with van der Waals surface area (Å²) < 4.78 is 26.3. The summed E-state index contributed by atoms with van der Waals surface area (Å²) in [7, 11) is -4.81. The molecule has 0 aromatic carbocycles. The minimum Gasteiger partial charge on any atom is -0.462 e. The van der Waals surface area contributed by atoms with Gasteiger partial charge in [0.15, 0.2) is 11.9 Å². The molecule has 0 fully saturated rings. The zero-order valence-electron chi connectivity index (χ0n) is 31.8. The Bertz CT molecular complexity index is 1170. The number of ketones is 1. The van der Waals surface area contributed by atoms with Gasteiger partial charge in [0.1, 0.15) is 6.61 Å². The molecule has 0 saturated heterocycles. The molecule has 52 heavy (non-hydrogen) atoms. The topological polar surface area (TPSA) is 157 Å². The quantitative estimate of drug-likeness (QED) is 0.0199. The van der Waals surface area contributed by atoms with Crippen LogP contribution in [0.3, 0.4) is 0 Å². The van der Waals surface area contributed by atoms with E-state index in [2.05, 4.69) is 42.7 Å². The Labute approximate surface area is 313 Å². The third-order valence-electron chi connectivity index (χ3n) is 8.78. The van der Waals surface area contributed by atoms with Crippen molar-refractivity contribution in [2.45, 2.75) is 154 Å². The van der Waals surface area contributed by atoms with Gasteiger partial charge in [-0.05, 0) is 69.8 Å². The molecule has 1 rings (SSSR count). The summed E-state index contributed by atoms with van der Waals surface area (Å²) in [4.78, 5) is 55.2. The van der Waals surface area contributed by atoms with Crippen LogP contribution in [0.5, 0.6) is 0 Å². The van der Waals surface area contributed by atoms with E-state index in [1.807, 2.05) is 24.3 Å². The molecule has 10 nitrogen and oxygen atoms in total. The van der Waals surface area contributed by atoms with Crippen molar-refractivity contribution in [3.8, 4) is 0 Å². The normalized spacial score (nSPS) is 17.7. The minimum absolute atomic E-state index is 0.0141. The largest absolute Gasteiger partial charge is 0.469 e. The van der Waals surface area contributed by atoms with Gasteiger partial charge in [-0.25, -0.2) is 4.57 Å². The van der Waals surface area contributed by atoms with Crippen molar-refractivity contribution < 1.29 is 47.8 Å². The van der Waals surface area contributed by atoms with Crippen LogP contribution in [0.4, 0.5) is 0 Å². The van der Waals surface area contributed by atoms with E-state index in [-0.39, 0.29) is 37.1 Å². The lowest BCUT2D eigenvalue weighted by molar-refractivity contribution is -0.161. The highest BCUT2D eigenvalue weighted by molar-refractivity contribution is 7.46. The Hall–Kier alpha value is -2.62. The number of hydrogen-bond donors (Lipinski definition) is 3. The van der Waals surface area contributed by atoms with Crippen LogP contribution in [0.2, 0.25) is 0 Å². The summed E-state index contributed by atoms with van der Waals surface area (Å²) in [6.45, 7) is 3.37. The molecule has 0 spiro atoms. The molecule has 3 N–H and O–H groups in total. The monoisotopic (exact) mass is 750 g/mol.